The number of aromatic hydroxyl groups is 4. The number of benzene rings is 6. The van der Waals surface area contributed by atoms with Gasteiger partial charge in [0.15, 0.2) is 11.6 Å². The monoisotopic (exact) mass is 830 g/mol. The molecule has 0 radical (unpaired) electrons. The Balaban J connectivity index is 0.000000338. The van der Waals surface area contributed by atoms with Gasteiger partial charge in [-0.3, -0.25) is 20.7 Å². The molecule has 0 aliphatic carbocycles. The van der Waals surface area contributed by atoms with Crippen LogP contribution in [0.15, 0.2) is 146 Å². The molecule has 61 heavy (non-hydrogen) atoms. The summed E-state index contributed by atoms with van der Waals surface area (Å²) in [5, 5.41) is 63.6. The summed E-state index contributed by atoms with van der Waals surface area (Å²) in [4.78, 5) is 49.6. The van der Waals surface area contributed by atoms with Crippen LogP contribution in [0.2, 0.25) is 0 Å². The molecule has 0 saturated carbocycles. The summed E-state index contributed by atoms with van der Waals surface area (Å²) < 4.78 is 1.50. The van der Waals surface area contributed by atoms with Gasteiger partial charge in [-0.1, -0.05) is 70.8 Å². The summed E-state index contributed by atoms with van der Waals surface area (Å²) >= 11 is 0. The first kappa shape index (κ1) is 48.6. The standard InChI is InChI=1S/C21H15N3O4.C14H11NO4.C7H8N2O2.3CH4/c25-17-7-3-1-5-15(17)19-22-20(16-6-2-4-8-18(16)26)24(23-19)14-11-9-13(10-12-14)21(27)28;16-11-7-3-1-5-9(11)13(18)15-14(19)10-6-2-4-8-12(10)17;8-9-6-3-1-5(2-4-6)7(10)11;;;/h1-12,25-26H,(H,27,28);1-8,16-17H,(H,15,18,19);1-4,9H,8H2,(H,10,11);3*1H4. The van der Waals surface area contributed by atoms with Crippen LogP contribution in [0.25, 0.3) is 28.5 Å². The maximum atomic E-state index is 11.8. The van der Waals surface area contributed by atoms with Crippen LogP contribution in [0.3, 0.4) is 0 Å². The topological polar surface area (TPSA) is 270 Å². The molecule has 1 heterocycles. The minimum Gasteiger partial charge on any atom is -0.507 e. The number of rotatable bonds is 8. The number of nitrogens with zero attached hydrogens (tertiary/aromatic N) is 3. The van der Waals surface area contributed by atoms with Crippen LogP contribution < -0.4 is 16.6 Å². The molecule has 2 amide bonds. The molecule has 0 bridgehead atoms. The largest absolute Gasteiger partial charge is 0.507 e. The number of imide groups is 1. The van der Waals surface area contributed by atoms with E-state index >= 15 is 0 Å². The van der Waals surface area contributed by atoms with Crippen molar-refractivity contribution in [1.29, 1.82) is 0 Å². The van der Waals surface area contributed by atoms with E-state index in [-0.39, 0.29) is 73.4 Å². The molecule has 0 atom stereocenters. The Morgan fingerprint density at radius 2 is 0.902 bits per heavy atom. The van der Waals surface area contributed by atoms with E-state index in [2.05, 4.69) is 20.8 Å². The van der Waals surface area contributed by atoms with Crippen LogP contribution in [0.5, 0.6) is 23.0 Å². The zero-order chi connectivity index (χ0) is 41.8. The van der Waals surface area contributed by atoms with Crippen LogP contribution in [0, 0.1) is 0 Å². The van der Waals surface area contributed by atoms with Crippen molar-refractivity contribution in [3.63, 3.8) is 0 Å². The summed E-state index contributed by atoms with van der Waals surface area (Å²) in [5.41, 5.74) is 4.94. The fraction of sp³-hybridized carbons (Fsp3) is 0.0667. The average molecular weight is 831 g/mol. The quantitative estimate of drug-likeness (QED) is 0.0400. The highest BCUT2D eigenvalue weighted by Gasteiger charge is 2.20. The van der Waals surface area contributed by atoms with Crippen molar-refractivity contribution in [2.24, 2.45) is 5.84 Å². The van der Waals surface area contributed by atoms with E-state index < -0.39 is 23.8 Å². The number of para-hydroxylation sites is 4. The third-order valence-corrected chi connectivity index (χ3v) is 8.08. The number of carboxylic acids is 2. The number of amides is 2. The number of nitrogens with one attached hydrogen (secondary N) is 2. The molecule has 0 aliphatic heterocycles. The Morgan fingerprint density at radius 1 is 0.508 bits per heavy atom. The Labute approximate surface area is 351 Å². The first-order valence-corrected chi connectivity index (χ1v) is 17.0. The number of carbonyl (C=O) groups is 4. The third-order valence-electron chi connectivity index (χ3n) is 8.08. The number of carbonyl (C=O) groups excluding carboxylic acids is 2. The second-order valence-corrected chi connectivity index (χ2v) is 11.9. The summed E-state index contributed by atoms with van der Waals surface area (Å²) in [5.74, 6) is 1.92. The normalized spacial score (nSPS) is 9.66. The number of hydrazine groups is 1. The maximum absolute atomic E-state index is 11.8. The van der Waals surface area contributed by atoms with Gasteiger partial charge in [-0.2, -0.15) is 0 Å². The first-order chi connectivity index (χ1) is 27.9. The number of aromatic carboxylic acids is 2. The van der Waals surface area contributed by atoms with Crippen LogP contribution in [0.1, 0.15) is 63.7 Å². The Morgan fingerprint density at radius 3 is 1.31 bits per heavy atom. The number of phenols is 4. The molecule has 316 valence electrons. The summed E-state index contributed by atoms with van der Waals surface area (Å²) in [6, 6.07) is 37.5. The van der Waals surface area contributed by atoms with Crippen molar-refractivity contribution in [2.75, 3.05) is 5.43 Å². The zero-order valence-corrected chi connectivity index (χ0v) is 30.1. The molecule has 16 heteroatoms. The molecule has 7 rings (SSSR count). The number of phenolic OH excluding ortho intramolecular Hbond substituents is 4. The van der Waals surface area contributed by atoms with Crippen molar-refractivity contribution in [1.82, 2.24) is 20.1 Å². The zero-order valence-electron chi connectivity index (χ0n) is 30.1. The SMILES string of the molecule is C.C.C.NNc1ccc(C(=O)O)cc1.O=C(NC(=O)c1ccccc1O)c1ccccc1O.O=C(O)c1ccc(-n2nc(-c3ccccc3O)nc2-c2ccccc2O)cc1. The van der Waals surface area contributed by atoms with E-state index in [1.807, 2.05) is 0 Å². The smallest absolute Gasteiger partial charge is 0.335 e. The molecule has 1 aromatic heterocycles. The predicted molar refractivity (Wildman–Crippen MR) is 232 cm³/mol. The number of anilines is 1. The lowest BCUT2D eigenvalue weighted by molar-refractivity contribution is 0.0686. The highest BCUT2D eigenvalue weighted by Crippen LogP contribution is 2.33. The minimum atomic E-state index is -1.03. The average Bonchev–Trinajstić information content (AvgIpc) is 3.67. The van der Waals surface area contributed by atoms with Crippen LogP contribution in [-0.2, 0) is 0 Å². The summed E-state index contributed by atoms with van der Waals surface area (Å²) in [6.07, 6.45) is 0. The molecule has 0 unspecified atom stereocenters. The predicted octanol–water partition coefficient (Wildman–Crippen LogP) is 7.96. The molecule has 16 nitrogen and oxygen atoms in total. The molecular weight excluding hydrogens is 785 g/mol. The van der Waals surface area contributed by atoms with Crippen LogP contribution in [0.4, 0.5) is 5.69 Å². The molecule has 0 aliphatic rings. The van der Waals surface area contributed by atoms with Gasteiger partial charge < -0.3 is 36.1 Å². The van der Waals surface area contributed by atoms with E-state index in [4.69, 9.17) is 16.1 Å². The molecular formula is C45H46N6O10. The van der Waals surface area contributed by atoms with E-state index in [1.54, 1.807) is 91.0 Å². The Kier molecular flexibility index (Phi) is 17.9. The van der Waals surface area contributed by atoms with Gasteiger partial charge in [-0.05, 0) is 97.1 Å². The minimum absolute atomic E-state index is 0. The second-order valence-electron chi connectivity index (χ2n) is 11.9. The van der Waals surface area contributed by atoms with Crippen molar-refractivity contribution in [2.45, 2.75) is 22.3 Å². The van der Waals surface area contributed by atoms with Crippen LogP contribution in [-0.4, -0.2) is 69.2 Å². The fourth-order valence-electron chi connectivity index (χ4n) is 5.13. The molecule has 0 spiro atoms. The Bertz CT molecular complexity index is 2520. The van der Waals surface area contributed by atoms with Gasteiger partial charge in [0.1, 0.15) is 23.0 Å². The lowest BCUT2D eigenvalue weighted by atomic mass is 10.1. The number of hydrogen-bond acceptors (Lipinski definition) is 12. The van der Waals surface area contributed by atoms with Gasteiger partial charge in [0, 0.05) is 5.69 Å². The van der Waals surface area contributed by atoms with Gasteiger partial charge in [0.2, 0.25) is 0 Å². The van der Waals surface area contributed by atoms with Gasteiger partial charge >= 0.3 is 11.9 Å². The fourth-order valence-corrected chi connectivity index (χ4v) is 5.13. The highest BCUT2D eigenvalue weighted by molar-refractivity contribution is 6.12. The van der Waals surface area contributed by atoms with E-state index in [9.17, 15) is 39.6 Å². The highest BCUT2D eigenvalue weighted by atomic mass is 16.4. The summed E-state index contributed by atoms with van der Waals surface area (Å²) in [6.45, 7) is 0. The molecule has 7 aromatic rings. The van der Waals surface area contributed by atoms with E-state index in [0.717, 1.165) is 0 Å². The molecule has 10 N–H and O–H groups in total. The van der Waals surface area contributed by atoms with Crippen LogP contribution >= 0.6 is 0 Å². The van der Waals surface area contributed by atoms with Crippen molar-refractivity contribution in [3.8, 4) is 51.5 Å². The van der Waals surface area contributed by atoms with Gasteiger partial charge in [-0.25, -0.2) is 19.3 Å². The third kappa shape index (κ3) is 12.2. The van der Waals surface area contributed by atoms with E-state index in [1.165, 1.54) is 59.3 Å². The van der Waals surface area contributed by atoms with Gasteiger partial charge in [-0.15, -0.1) is 5.10 Å². The summed E-state index contributed by atoms with van der Waals surface area (Å²) in [7, 11) is 0. The lowest BCUT2D eigenvalue weighted by Gasteiger charge is -2.07. The number of aromatic nitrogens is 3. The molecule has 0 fully saturated rings. The molecule has 0 saturated heterocycles. The van der Waals surface area contributed by atoms with Gasteiger partial charge in [0.25, 0.3) is 11.8 Å². The number of carboxylic acid groups (broad SMARTS) is 2. The number of nitrogens with two attached hydrogens (primary N) is 1. The first-order valence-electron chi connectivity index (χ1n) is 17.0. The van der Waals surface area contributed by atoms with Crippen molar-refractivity contribution >= 4 is 29.4 Å². The molecule has 6 aromatic carbocycles. The van der Waals surface area contributed by atoms with E-state index in [0.29, 0.717) is 28.3 Å². The Hall–Kier alpha value is -8.50. The van der Waals surface area contributed by atoms with Crippen molar-refractivity contribution in [3.05, 3.63) is 168 Å². The number of hydrogen-bond donors (Lipinski definition) is 9. The van der Waals surface area contributed by atoms with Crippen molar-refractivity contribution < 1.29 is 49.8 Å². The lowest BCUT2D eigenvalue weighted by Crippen LogP contribution is -2.30. The number of nitrogen functional groups attached to an aromatic ring is 1. The van der Waals surface area contributed by atoms with Gasteiger partial charge in [0.05, 0.1) is 39.1 Å². The maximum Gasteiger partial charge on any atom is 0.335 e. The second kappa shape index (κ2) is 22.4.